The molecule has 0 saturated heterocycles. The minimum Gasteiger partial charge on any atom is -0.490 e. The van der Waals surface area contributed by atoms with Crippen LogP contribution in [0.15, 0.2) is 24.3 Å². The van der Waals surface area contributed by atoms with Crippen LogP contribution >= 0.6 is 11.3 Å². The summed E-state index contributed by atoms with van der Waals surface area (Å²) in [5, 5.41) is 0. The molecule has 138 valence electrons. The zero-order valence-corrected chi connectivity index (χ0v) is 16.1. The number of thiophene rings is 1. The maximum atomic E-state index is 12.8. The molecule has 1 aromatic carbocycles. The van der Waals surface area contributed by atoms with Crippen LogP contribution in [0.4, 0.5) is 0 Å². The van der Waals surface area contributed by atoms with Crippen LogP contribution in [0.2, 0.25) is 0 Å². The van der Waals surface area contributed by atoms with Gasteiger partial charge in [-0.3, -0.25) is 9.59 Å². The van der Waals surface area contributed by atoms with Crippen molar-refractivity contribution in [2.24, 2.45) is 0 Å². The molecule has 0 radical (unpaired) electrons. The molecule has 0 atom stereocenters. The molecule has 2 heterocycles. The summed E-state index contributed by atoms with van der Waals surface area (Å²) >= 11 is 1.26. The predicted octanol–water partition coefficient (Wildman–Crippen LogP) is 3.95. The highest BCUT2D eigenvalue weighted by Crippen LogP contribution is 2.34. The third-order valence-corrected chi connectivity index (χ3v) is 5.50. The van der Waals surface area contributed by atoms with Crippen molar-refractivity contribution < 1.29 is 19.1 Å². The van der Waals surface area contributed by atoms with Gasteiger partial charge in [0.25, 0.3) is 5.91 Å². The molecule has 2 aromatic rings. The maximum absolute atomic E-state index is 12.8. The first-order valence-corrected chi connectivity index (χ1v) is 9.66. The van der Waals surface area contributed by atoms with Crippen molar-refractivity contribution in [3.05, 3.63) is 45.1 Å². The van der Waals surface area contributed by atoms with Gasteiger partial charge < -0.3 is 14.4 Å². The van der Waals surface area contributed by atoms with E-state index in [0.717, 1.165) is 23.5 Å². The van der Waals surface area contributed by atoms with Crippen LogP contribution in [0.3, 0.4) is 0 Å². The Morgan fingerprint density at radius 2 is 1.65 bits per heavy atom. The lowest BCUT2D eigenvalue weighted by molar-refractivity contribution is 0.0739. The van der Waals surface area contributed by atoms with Crippen molar-refractivity contribution in [2.75, 3.05) is 19.8 Å². The molecule has 0 unspecified atom stereocenters. The van der Waals surface area contributed by atoms with E-state index in [1.54, 1.807) is 12.1 Å². The first-order valence-electron chi connectivity index (χ1n) is 8.84. The van der Waals surface area contributed by atoms with Crippen LogP contribution in [0.5, 0.6) is 11.5 Å². The van der Waals surface area contributed by atoms with Crippen molar-refractivity contribution in [3.63, 3.8) is 0 Å². The number of fused-ring (bicyclic) bond motifs is 1. The number of rotatable bonds is 6. The Hall–Kier alpha value is -2.34. The predicted molar refractivity (Wildman–Crippen MR) is 102 cm³/mol. The average Bonchev–Trinajstić information content (AvgIpc) is 3.12. The number of nitrogens with zero attached hydrogens (tertiary/aromatic N) is 1. The fourth-order valence-corrected chi connectivity index (χ4v) is 3.94. The average molecular weight is 373 g/mol. The highest BCUT2D eigenvalue weighted by molar-refractivity contribution is 7.15. The van der Waals surface area contributed by atoms with Crippen molar-refractivity contribution in [3.8, 4) is 11.5 Å². The summed E-state index contributed by atoms with van der Waals surface area (Å²) in [6.45, 7) is 7.74. The number of ketones is 1. The SMILES string of the molecule is CCOc1cc2c(cc1OCC)CN(C(=O)c1ccc(C(C)=O)s1)CC2. The number of hydrogen-bond acceptors (Lipinski definition) is 5. The summed E-state index contributed by atoms with van der Waals surface area (Å²) in [6.07, 6.45) is 0.776. The van der Waals surface area contributed by atoms with Gasteiger partial charge in [0.1, 0.15) is 0 Å². The van der Waals surface area contributed by atoms with E-state index in [0.29, 0.717) is 36.1 Å². The quantitative estimate of drug-likeness (QED) is 0.720. The molecule has 1 aliphatic rings. The number of hydrogen-bond donors (Lipinski definition) is 0. The second-order valence-electron chi connectivity index (χ2n) is 6.13. The Kier molecular flexibility index (Phi) is 5.61. The molecule has 5 nitrogen and oxygen atoms in total. The molecule has 0 N–H and O–H groups in total. The zero-order chi connectivity index (χ0) is 18.7. The standard InChI is InChI=1S/C20H23NO4S/c1-4-24-16-10-14-8-9-21(12-15(14)11-17(16)25-5-2)20(23)19-7-6-18(26-19)13(3)22/h6-7,10-11H,4-5,8-9,12H2,1-3H3. The van der Waals surface area contributed by atoms with Gasteiger partial charge in [-0.25, -0.2) is 0 Å². The first-order chi connectivity index (χ1) is 12.5. The van der Waals surface area contributed by atoms with Crippen LogP contribution < -0.4 is 9.47 Å². The lowest BCUT2D eigenvalue weighted by Crippen LogP contribution is -2.35. The van der Waals surface area contributed by atoms with Gasteiger partial charge in [0.15, 0.2) is 17.3 Å². The van der Waals surface area contributed by atoms with E-state index >= 15 is 0 Å². The summed E-state index contributed by atoms with van der Waals surface area (Å²) in [6, 6.07) is 7.48. The van der Waals surface area contributed by atoms with Crippen molar-refractivity contribution in [2.45, 2.75) is 33.7 Å². The number of carbonyl (C=O) groups excluding carboxylic acids is 2. The van der Waals surface area contributed by atoms with Crippen molar-refractivity contribution in [1.82, 2.24) is 4.90 Å². The van der Waals surface area contributed by atoms with Gasteiger partial charge in [0.05, 0.1) is 23.0 Å². The van der Waals surface area contributed by atoms with E-state index < -0.39 is 0 Å². The van der Waals surface area contributed by atoms with Crippen LogP contribution in [-0.4, -0.2) is 36.3 Å². The van der Waals surface area contributed by atoms with E-state index in [4.69, 9.17) is 9.47 Å². The zero-order valence-electron chi connectivity index (χ0n) is 15.3. The van der Waals surface area contributed by atoms with Gasteiger partial charge in [-0.1, -0.05) is 0 Å². The molecule has 0 fully saturated rings. The Bertz CT molecular complexity index is 827. The van der Waals surface area contributed by atoms with Crippen LogP contribution in [0.25, 0.3) is 0 Å². The van der Waals surface area contributed by atoms with Gasteiger partial charge >= 0.3 is 0 Å². The fraction of sp³-hybridized carbons (Fsp3) is 0.400. The molecule has 0 spiro atoms. The molecule has 0 aliphatic carbocycles. The third-order valence-electron chi connectivity index (χ3n) is 4.33. The smallest absolute Gasteiger partial charge is 0.264 e. The molecular weight excluding hydrogens is 350 g/mol. The minimum atomic E-state index is -0.0278. The normalized spacial score (nSPS) is 13.3. The summed E-state index contributed by atoms with van der Waals surface area (Å²) in [5.41, 5.74) is 2.27. The summed E-state index contributed by atoms with van der Waals surface area (Å²) in [7, 11) is 0. The number of carbonyl (C=O) groups is 2. The summed E-state index contributed by atoms with van der Waals surface area (Å²) < 4.78 is 11.4. The van der Waals surface area contributed by atoms with Crippen LogP contribution in [0.1, 0.15) is 51.2 Å². The topological polar surface area (TPSA) is 55.8 Å². The van der Waals surface area contributed by atoms with Crippen LogP contribution in [-0.2, 0) is 13.0 Å². The fourth-order valence-electron chi connectivity index (χ4n) is 3.07. The summed E-state index contributed by atoms with van der Waals surface area (Å²) in [5.74, 6) is 1.44. The molecule has 1 amide bonds. The number of ether oxygens (including phenoxy) is 2. The first kappa shape index (κ1) is 18.5. The van der Waals surface area contributed by atoms with Gasteiger partial charge in [0.2, 0.25) is 0 Å². The Morgan fingerprint density at radius 1 is 1.04 bits per heavy atom. The number of Topliss-reactive ketones (excluding diaryl/α,β-unsaturated/α-hetero) is 1. The van der Waals surface area contributed by atoms with Crippen LogP contribution in [0, 0.1) is 0 Å². The second-order valence-corrected chi connectivity index (χ2v) is 7.21. The Labute approximate surface area is 157 Å². The lowest BCUT2D eigenvalue weighted by Gasteiger charge is -2.29. The molecule has 1 aliphatic heterocycles. The van der Waals surface area contributed by atoms with Gasteiger partial charge in [0, 0.05) is 13.1 Å². The van der Waals surface area contributed by atoms with Gasteiger partial charge in [-0.15, -0.1) is 11.3 Å². The highest BCUT2D eigenvalue weighted by atomic mass is 32.1. The highest BCUT2D eigenvalue weighted by Gasteiger charge is 2.25. The summed E-state index contributed by atoms with van der Waals surface area (Å²) in [4.78, 5) is 27.3. The molecule has 1 aromatic heterocycles. The second kappa shape index (κ2) is 7.91. The molecular formula is C20H23NO4S. The van der Waals surface area contributed by atoms with Gasteiger partial charge in [-0.2, -0.15) is 0 Å². The van der Waals surface area contributed by atoms with E-state index in [9.17, 15) is 9.59 Å². The van der Waals surface area contributed by atoms with Gasteiger partial charge in [-0.05, 0) is 62.6 Å². The monoisotopic (exact) mass is 373 g/mol. The molecule has 0 saturated carbocycles. The molecule has 6 heteroatoms. The maximum Gasteiger partial charge on any atom is 0.264 e. The Balaban J connectivity index is 1.82. The lowest BCUT2D eigenvalue weighted by atomic mass is 9.98. The Morgan fingerprint density at radius 3 is 2.23 bits per heavy atom. The largest absolute Gasteiger partial charge is 0.490 e. The number of benzene rings is 1. The number of amides is 1. The molecule has 26 heavy (non-hydrogen) atoms. The van der Waals surface area contributed by atoms with Crippen molar-refractivity contribution in [1.29, 1.82) is 0 Å². The third kappa shape index (κ3) is 3.75. The van der Waals surface area contributed by atoms with E-state index in [2.05, 4.69) is 0 Å². The van der Waals surface area contributed by atoms with E-state index in [-0.39, 0.29) is 11.7 Å². The molecule has 3 rings (SSSR count). The van der Waals surface area contributed by atoms with Crippen molar-refractivity contribution >= 4 is 23.0 Å². The van der Waals surface area contributed by atoms with E-state index in [1.165, 1.54) is 23.8 Å². The van der Waals surface area contributed by atoms with E-state index in [1.807, 2.05) is 30.9 Å². The molecule has 0 bridgehead atoms. The minimum absolute atomic E-state index is 0.0113.